The number of carbonyl (C=O) groups is 1. The fourth-order valence-electron chi connectivity index (χ4n) is 4.51. The van der Waals surface area contributed by atoms with Gasteiger partial charge in [0.15, 0.2) is 5.13 Å². The highest BCUT2D eigenvalue weighted by Gasteiger charge is 2.32. The standard InChI is InChI=1S/C23H24ClFN4OS/c24-17-5-1-6-18(14-17)27-10-12-28(13-11-27)22(30)16-4-3-9-29(15-16)23-26-21-19(25)7-2-8-20(21)31-23/h1-2,5-8,14,16H,3-4,9-13,15H2. The van der Waals surface area contributed by atoms with Crippen molar-refractivity contribution in [3.8, 4) is 0 Å². The van der Waals surface area contributed by atoms with Gasteiger partial charge in [-0.3, -0.25) is 4.79 Å². The lowest BCUT2D eigenvalue weighted by atomic mass is 9.96. The van der Waals surface area contributed by atoms with Crippen LogP contribution in [0, 0.1) is 11.7 Å². The number of fused-ring (bicyclic) bond motifs is 1. The molecule has 162 valence electrons. The predicted octanol–water partition coefficient (Wildman–Crippen LogP) is 4.65. The fourth-order valence-corrected chi connectivity index (χ4v) is 5.71. The maximum absolute atomic E-state index is 14.0. The molecule has 3 aromatic rings. The highest BCUT2D eigenvalue weighted by Crippen LogP contribution is 2.33. The molecule has 2 aliphatic rings. The molecule has 1 atom stereocenters. The Kier molecular flexibility index (Phi) is 5.71. The minimum Gasteiger partial charge on any atom is -0.368 e. The first-order chi connectivity index (χ1) is 15.1. The summed E-state index contributed by atoms with van der Waals surface area (Å²) in [5, 5.41) is 1.54. The van der Waals surface area contributed by atoms with Crippen LogP contribution >= 0.6 is 22.9 Å². The fraction of sp³-hybridized carbons (Fsp3) is 0.391. The van der Waals surface area contributed by atoms with Crippen LogP contribution in [0.25, 0.3) is 10.2 Å². The molecule has 0 radical (unpaired) electrons. The molecule has 2 aliphatic heterocycles. The number of aromatic nitrogens is 1. The van der Waals surface area contributed by atoms with Crippen LogP contribution < -0.4 is 9.80 Å². The average molecular weight is 459 g/mol. The summed E-state index contributed by atoms with van der Waals surface area (Å²) < 4.78 is 14.9. The zero-order chi connectivity index (χ0) is 21.4. The van der Waals surface area contributed by atoms with Crippen molar-refractivity contribution in [1.82, 2.24) is 9.88 Å². The number of thiazole rings is 1. The summed E-state index contributed by atoms with van der Waals surface area (Å²) in [6, 6.07) is 12.9. The summed E-state index contributed by atoms with van der Waals surface area (Å²) in [7, 11) is 0. The molecule has 1 unspecified atom stereocenters. The van der Waals surface area contributed by atoms with Gasteiger partial charge in [0.2, 0.25) is 5.91 Å². The van der Waals surface area contributed by atoms with Gasteiger partial charge in [-0.1, -0.05) is 35.1 Å². The van der Waals surface area contributed by atoms with Crippen LogP contribution in [0.2, 0.25) is 5.02 Å². The summed E-state index contributed by atoms with van der Waals surface area (Å²) in [5.74, 6) is -0.103. The van der Waals surface area contributed by atoms with Crippen molar-refractivity contribution >= 4 is 49.9 Å². The van der Waals surface area contributed by atoms with Crippen molar-refractivity contribution in [1.29, 1.82) is 0 Å². The van der Waals surface area contributed by atoms with E-state index in [9.17, 15) is 9.18 Å². The molecule has 2 aromatic carbocycles. The molecule has 0 aliphatic carbocycles. The number of nitrogens with zero attached hydrogens (tertiary/aromatic N) is 4. The Labute approximate surface area is 190 Å². The van der Waals surface area contributed by atoms with Crippen LogP contribution in [-0.4, -0.2) is 55.1 Å². The first-order valence-corrected chi connectivity index (χ1v) is 11.9. The molecule has 0 saturated carbocycles. The number of piperazine rings is 1. The number of benzene rings is 2. The van der Waals surface area contributed by atoms with Crippen molar-refractivity contribution in [2.45, 2.75) is 12.8 Å². The number of anilines is 2. The highest BCUT2D eigenvalue weighted by atomic mass is 35.5. The van der Waals surface area contributed by atoms with Gasteiger partial charge < -0.3 is 14.7 Å². The number of amides is 1. The molecular weight excluding hydrogens is 435 g/mol. The summed E-state index contributed by atoms with van der Waals surface area (Å²) in [4.78, 5) is 24.2. The zero-order valence-corrected chi connectivity index (χ0v) is 18.7. The smallest absolute Gasteiger partial charge is 0.227 e. The normalized spacial score (nSPS) is 19.8. The largest absolute Gasteiger partial charge is 0.368 e. The van der Waals surface area contributed by atoms with Crippen LogP contribution in [0.15, 0.2) is 42.5 Å². The second-order valence-electron chi connectivity index (χ2n) is 8.16. The average Bonchev–Trinajstić information content (AvgIpc) is 3.25. The molecule has 0 N–H and O–H groups in total. The Hall–Kier alpha value is -2.38. The zero-order valence-electron chi connectivity index (χ0n) is 17.1. The van der Waals surface area contributed by atoms with Gasteiger partial charge >= 0.3 is 0 Å². The molecule has 2 saturated heterocycles. The van der Waals surface area contributed by atoms with Crippen LogP contribution in [0.4, 0.5) is 15.2 Å². The van der Waals surface area contributed by atoms with Gasteiger partial charge in [0.25, 0.3) is 0 Å². The van der Waals surface area contributed by atoms with Crippen molar-refractivity contribution in [3.63, 3.8) is 0 Å². The Morgan fingerprint density at radius 1 is 1.06 bits per heavy atom. The summed E-state index contributed by atoms with van der Waals surface area (Å²) >= 11 is 7.62. The Balaban J connectivity index is 1.23. The third-order valence-corrected chi connectivity index (χ3v) is 7.48. The summed E-state index contributed by atoms with van der Waals surface area (Å²) in [6.45, 7) is 4.55. The van der Waals surface area contributed by atoms with Gasteiger partial charge in [-0.25, -0.2) is 9.37 Å². The van der Waals surface area contributed by atoms with E-state index in [0.29, 0.717) is 25.2 Å². The minimum absolute atomic E-state index is 0.0386. The number of halogens is 2. The SMILES string of the molecule is O=C(C1CCCN(c2nc3c(F)cccc3s2)C1)N1CCN(c2cccc(Cl)c2)CC1. The first-order valence-electron chi connectivity index (χ1n) is 10.7. The lowest BCUT2D eigenvalue weighted by Gasteiger charge is -2.39. The van der Waals surface area contributed by atoms with Crippen molar-refractivity contribution in [2.75, 3.05) is 49.1 Å². The van der Waals surface area contributed by atoms with Crippen LogP contribution in [0.3, 0.4) is 0 Å². The van der Waals surface area contributed by atoms with Crippen LogP contribution in [0.5, 0.6) is 0 Å². The van der Waals surface area contributed by atoms with Gasteiger partial charge in [0, 0.05) is 50.0 Å². The second-order valence-corrected chi connectivity index (χ2v) is 9.61. The van der Waals surface area contributed by atoms with Gasteiger partial charge in [0.1, 0.15) is 11.3 Å². The number of hydrogen-bond acceptors (Lipinski definition) is 5. The Morgan fingerprint density at radius 3 is 2.65 bits per heavy atom. The number of carbonyl (C=O) groups excluding carboxylic acids is 1. The summed E-state index contributed by atoms with van der Waals surface area (Å²) in [5.41, 5.74) is 1.53. The highest BCUT2D eigenvalue weighted by molar-refractivity contribution is 7.22. The maximum atomic E-state index is 14.0. The van der Waals surface area contributed by atoms with E-state index in [1.807, 2.05) is 29.2 Å². The van der Waals surface area contributed by atoms with E-state index in [1.165, 1.54) is 17.4 Å². The van der Waals surface area contributed by atoms with E-state index < -0.39 is 0 Å². The lowest BCUT2D eigenvalue weighted by Crippen LogP contribution is -2.52. The molecular formula is C23H24ClFN4OS. The molecule has 1 aromatic heterocycles. The molecule has 1 amide bonds. The molecule has 8 heteroatoms. The molecule has 0 bridgehead atoms. The van der Waals surface area contributed by atoms with Gasteiger partial charge in [0.05, 0.1) is 10.6 Å². The number of hydrogen-bond donors (Lipinski definition) is 0. The molecule has 31 heavy (non-hydrogen) atoms. The Bertz CT molecular complexity index is 1100. The minimum atomic E-state index is -0.290. The number of rotatable bonds is 3. The van der Waals surface area contributed by atoms with Gasteiger partial charge in [-0.2, -0.15) is 0 Å². The van der Waals surface area contributed by atoms with Gasteiger partial charge in [-0.05, 0) is 43.2 Å². The summed E-state index contributed by atoms with van der Waals surface area (Å²) in [6.07, 6.45) is 1.83. The van der Waals surface area contributed by atoms with Crippen molar-refractivity contribution in [3.05, 3.63) is 53.3 Å². The number of piperidine rings is 1. The Morgan fingerprint density at radius 2 is 1.87 bits per heavy atom. The van der Waals surface area contributed by atoms with Crippen molar-refractivity contribution in [2.24, 2.45) is 5.92 Å². The monoisotopic (exact) mass is 458 g/mol. The third-order valence-electron chi connectivity index (χ3n) is 6.16. The van der Waals surface area contributed by atoms with Gasteiger partial charge in [-0.15, -0.1) is 0 Å². The molecule has 2 fully saturated rings. The predicted molar refractivity (Wildman–Crippen MR) is 125 cm³/mol. The van der Waals surface area contributed by atoms with E-state index in [0.717, 1.165) is 53.0 Å². The van der Waals surface area contributed by atoms with E-state index in [2.05, 4.69) is 20.9 Å². The molecule has 5 nitrogen and oxygen atoms in total. The lowest BCUT2D eigenvalue weighted by molar-refractivity contribution is -0.136. The van der Waals surface area contributed by atoms with E-state index in [-0.39, 0.29) is 17.6 Å². The van der Waals surface area contributed by atoms with E-state index >= 15 is 0 Å². The maximum Gasteiger partial charge on any atom is 0.227 e. The molecule has 5 rings (SSSR count). The van der Waals surface area contributed by atoms with Crippen LogP contribution in [-0.2, 0) is 4.79 Å². The molecule has 0 spiro atoms. The quantitative estimate of drug-likeness (QED) is 0.572. The van der Waals surface area contributed by atoms with Crippen molar-refractivity contribution < 1.29 is 9.18 Å². The van der Waals surface area contributed by atoms with E-state index in [4.69, 9.17) is 11.6 Å². The third kappa shape index (κ3) is 4.21. The second kappa shape index (κ2) is 8.63. The van der Waals surface area contributed by atoms with E-state index in [1.54, 1.807) is 6.07 Å². The molecule has 3 heterocycles. The topological polar surface area (TPSA) is 39.7 Å². The van der Waals surface area contributed by atoms with Crippen LogP contribution in [0.1, 0.15) is 12.8 Å². The number of para-hydroxylation sites is 1. The first kappa shape index (κ1) is 20.5.